The quantitative estimate of drug-likeness (QED) is 0.304. The molecule has 1 aromatic carbocycles. The van der Waals surface area contributed by atoms with E-state index in [2.05, 4.69) is 25.8 Å². The third kappa shape index (κ3) is 5.15. The van der Waals surface area contributed by atoms with E-state index in [9.17, 15) is 9.90 Å². The zero-order chi connectivity index (χ0) is 27.1. The average Bonchev–Trinajstić information content (AvgIpc) is 3.60. The van der Waals surface area contributed by atoms with Crippen LogP contribution in [0.5, 0.6) is 0 Å². The Morgan fingerprint density at radius 2 is 1.90 bits per heavy atom. The van der Waals surface area contributed by atoms with E-state index in [1.165, 1.54) is 0 Å². The fourth-order valence-corrected chi connectivity index (χ4v) is 5.66. The standard InChI is InChI=1S/C29H35N7O3.H2O/c1-19-24(27(38)35-15-14-33(3)29(35)30-19)10-13-34-11-8-22(9-12-34)31-28-32-25-6-4-5-7-26(25)36(28)17-21-16-23(18-37)39-20(21)2;/h4-7,14-16,22,37H,8-13,17-18H2,1-3H3,(H,31,32);1H2. The fraction of sp³-hybridized carbons (Fsp3) is 0.414. The lowest BCUT2D eigenvalue weighted by Crippen LogP contribution is -2.41. The molecule has 4 N–H and O–H groups in total. The lowest BCUT2D eigenvalue weighted by Gasteiger charge is -2.32. The second-order valence-corrected chi connectivity index (χ2v) is 10.5. The highest BCUT2D eigenvalue weighted by atomic mass is 16.4. The molecule has 1 aliphatic heterocycles. The molecule has 212 valence electrons. The van der Waals surface area contributed by atoms with Gasteiger partial charge in [0.05, 0.1) is 23.3 Å². The summed E-state index contributed by atoms with van der Waals surface area (Å²) in [5.74, 6) is 2.92. The molecule has 5 aromatic rings. The summed E-state index contributed by atoms with van der Waals surface area (Å²) in [5.41, 5.74) is 4.70. The molecule has 1 saturated heterocycles. The number of benzene rings is 1. The third-order valence-corrected chi connectivity index (χ3v) is 7.96. The first kappa shape index (κ1) is 27.6. The van der Waals surface area contributed by atoms with Gasteiger partial charge in [-0.2, -0.15) is 0 Å². The Balaban J connectivity index is 0.00000323. The van der Waals surface area contributed by atoms with Crippen LogP contribution < -0.4 is 10.9 Å². The highest BCUT2D eigenvalue weighted by molar-refractivity contribution is 5.78. The van der Waals surface area contributed by atoms with Gasteiger partial charge >= 0.3 is 0 Å². The second-order valence-electron chi connectivity index (χ2n) is 10.5. The summed E-state index contributed by atoms with van der Waals surface area (Å²) in [6, 6.07) is 10.4. The summed E-state index contributed by atoms with van der Waals surface area (Å²) in [7, 11) is 1.90. The van der Waals surface area contributed by atoms with Gasteiger partial charge in [-0.25, -0.2) is 9.97 Å². The number of aryl methyl sites for hydroxylation is 3. The van der Waals surface area contributed by atoms with Gasteiger partial charge in [0.1, 0.15) is 18.1 Å². The molecule has 6 rings (SSSR count). The molecule has 4 aromatic heterocycles. The van der Waals surface area contributed by atoms with E-state index in [1.54, 1.807) is 10.6 Å². The Kier molecular flexibility index (Phi) is 7.79. The molecule has 0 amide bonds. The van der Waals surface area contributed by atoms with E-state index in [-0.39, 0.29) is 17.6 Å². The maximum absolute atomic E-state index is 13.0. The number of imidazole rings is 2. The van der Waals surface area contributed by atoms with Crippen LogP contribution in [0.25, 0.3) is 16.8 Å². The van der Waals surface area contributed by atoms with Crippen molar-refractivity contribution in [3.05, 3.63) is 81.4 Å². The minimum absolute atomic E-state index is 0. The molecule has 0 saturated carbocycles. The summed E-state index contributed by atoms with van der Waals surface area (Å²) in [4.78, 5) is 25.0. The molecule has 1 aliphatic rings. The molecule has 11 heteroatoms. The highest BCUT2D eigenvalue weighted by Crippen LogP contribution is 2.26. The number of piperidine rings is 1. The molecule has 0 atom stereocenters. The molecule has 1 fully saturated rings. The minimum atomic E-state index is -0.110. The van der Waals surface area contributed by atoms with Crippen molar-refractivity contribution in [1.82, 2.24) is 28.4 Å². The first-order valence-corrected chi connectivity index (χ1v) is 13.6. The molecule has 0 radical (unpaired) electrons. The number of rotatable bonds is 8. The van der Waals surface area contributed by atoms with Gasteiger partial charge < -0.3 is 34.4 Å². The Morgan fingerprint density at radius 3 is 2.65 bits per heavy atom. The number of furan rings is 1. The van der Waals surface area contributed by atoms with Crippen LogP contribution in [0.3, 0.4) is 0 Å². The number of nitrogens with zero attached hydrogens (tertiary/aromatic N) is 6. The van der Waals surface area contributed by atoms with Crippen LogP contribution in [-0.2, 0) is 26.6 Å². The van der Waals surface area contributed by atoms with Crippen LogP contribution in [0.1, 0.15) is 41.2 Å². The summed E-state index contributed by atoms with van der Waals surface area (Å²) in [6.07, 6.45) is 6.34. The molecule has 0 bridgehead atoms. The Labute approximate surface area is 232 Å². The largest absolute Gasteiger partial charge is 0.464 e. The van der Waals surface area contributed by atoms with E-state index in [4.69, 9.17) is 9.40 Å². The highest BCUT2D eigenvalue weighted by Gasteiger charge is 2.23. The van der Waals surface area contributed by atoms with Crippen molar-refractivity contribution in [2.24, 2.45) is 7.05 Å². The molecular formula is C29H37N7O4. The smallest absolute Gasteiger partial charge is 0.262 e. The fourth-order valence-electron chi connectivity index (χ4n) is 5.66. The SMILES string of the molecule is Cc1nc2n(C)ccn2c(=O)c1CCN1CCC(Nc2nc3ccccc3n2Cc2cc(CO)oc2C)CC1.O. The Hall–Kier alpha value is -3.93. The number of aliphatic hydroxyl groups is 1. The van der Waals surface area contributed by atoms with Crippen LogP contribution in [-0.4, -0.2) is 64.7 Å². The van der Waals surface area contributed by atoms with Crippen LogP contribution in [0.15, 0.2) is 51.9 Å². The molecule has 5 heterocycles. The van der Waals surface area contributed by atoms with Crippen molar-refractivity contribution in [2.75, 3.05) is 25.0 Å². The van der Waals surface area contributed by atoms with Gasteiger partial charge in [-0.3, -0.25) is 9.20 Å². The van der Waals surface area contributed by atoms with Crippen molar-refractivity contribution in [2.45, 2.75) is 52.3 Å². The molecule has 0 spiro atoms. The van der Waals surface area contributed by atoms with E-state index < -0.39 is 0 Å². The van der Waals surface area contributed by atoms with Crippen molar-refractivity contribution >= 4 is 22.8 Å². The van der Waals surface area contributed by atoms with Gasteiger partial charge in [-0.15, -0.1) is 0 Å². The predicted molar refractivity (Wildman–Crippen MR) is 154 cm³/mol. The summed E-state index contributed by atoms with van der Waals surface area (Å²) in [5, 5.41) is 13.2. The van der Waals surface area contributed by atoms with Crippen molar-refractivity contribution in [3.63, 3.8) is 0 Å². The van der Waals surface area contributed by atoms with Crippen LogP contribution in [0, 0.1) is 13.8 Å². The minimum Gasteiger partial charge on any atom is -0.464 e. The van der Waals surface area contributed by atoms with Crippen LogP contribution in [0.2, 0.25) is 0 Å². The van der Waals surface area contributed by atoms with Gasteiger partial charge in [-0.05, 0) is 51.3 Å². The number of hydrogen-bond donors (Lipinski definition) is 2. The Bertz CT molecular complexity index is 1690. The molecular weight excluding hydrogens is 510 g/mol. The summed E-state index contributed by atoms with van der Waals surface area (Å²) >= 11 is 0. The van der Waals surface area contributed by atoms with E-state index in [1.807, 2.05) is 55.9 Å². The number of para-hydroxylation sites is 2. The zero-order valence-electron chi connectivity index (χ0n) is 23.2. The zero-order valence-corrected chi connectivity index (χ0v) is 23.2. The van der Waals surface area contributed by atoms with Crippen molar-refractivity contribution in [1.29, 1.82) is 0 Å². The monoisotopic (exact) mass is 547 g/mol. The van der Waals surface area contributed by atoms with Gasteiger partial charge in [0.2, 0.25) is 11.7 Å². The molecule has 0 unspecified atom stereocenters. The number of anilines is 1. The molecule has 40 heavy (non-hydrogen) atoms. The molecule has 0 aliphatic carbocycles. The molecule has 11 nitrogen and oxygen atoms in total. The third-order valence-electron chi connectivity index (χ3n) is 7.96. The van der Waals surface area contributed by atoms with Gasteiger partial charge in [-0.1, -0.05) is 12.1 Å². The lowest BCUT2D eigenvalue weighted by molar-refractivity contribution is 0.220. The van der Waals surface area contributed by atoms with Gasteiger partial charge in [0.25, 0.3) is 5.56 Å². The van der Waals surface area contributed by atoms with Gasteiger partial charge in [0.15, 0.2) is 0 Å². The number of aliphatic hydroxyl groups excluding tert-OH is 1. The maximum atomic E-state index is 13.0. The average molecular weight is 548 g/mol. The summed E-state index contributed by atoms with van der Waals surface area (Å²) < 4.78 is 11.4. The van der Waals surface area contributed by atoms with Crippen molar-refractivity contribution in [3.8, 4) is 0 Å². The Morgan fingerprint density at radius 1 is 1.12 bits per heavy atom. The van der Waals surface area contributed by atoms with E-state index in [0.29, 0.717) is 30.5 Å². The lowest BCUT2D eigenvalue weighted by atomic mass is 10.0. The number of aromatic nitrogens is 5. The summed E-state index contributed by atoms with van der Waals surface area (Å²) in [6.45, 7) is 7.13. The maximum Gasteiger partial charge on any atom is 0.262 e. The first-order chi connectivity index (χ1) is 18.9. The number of fused-ring (bicyclic) bond motifs is 2. The second kappa shape index (κ2) is 11.3. The van der Waals surface area contributed by atoms with Crippen LogP contribution in [0.4, 0.5) is 5.95 Å². The van der Waals surface area contributed by atoms with Crippen LogP contribution >= 0.6 is 0 Å². The van der Waals surface area contributed by atoms with Gasteiger partial charge in [0, 0.05) is 56.2 Å². The number of likely N-dealkylation sites (tertiary alicyclic amines) is 1. The first-order valence-electron chi connectivity index (χ1n) is 13.6. The normalized spacial score (nSPS) is 14.7. The topological polar surface area (TPSA) is 137 Å². The number of hydrogen-bond acceptors (Lipinski definition) is 7. The van der Waals surface area contributed by atoms with Crippen molar-refractivity contribution < 1.29 is 15.0 Å². The van der Waals surface area contributed by atoms with E-state index >= 15 is 0 Å². The number of nitrogens with one attached hydrogen (secondary N) is 1. The predicted octanol–water partition coefficient (Wildman–Crippen LogP) is 2.43. The van der Waals surface area contributed by atoms with E-state index in [0.717, 1.165) is 72.0 Å².